The Morgan fingerprint density at radius 2 is 1.69 bits per heavy atom. The van der Waals surface area contributed by atoms with E-state index < -0.39 is 10.0 Å². The van der Waals surface area contributed by atoms with Gasteiger partial charge >= 0.3 is 0 Å². The van der Waals surface area contributed by atoms with Crippen LogP contribution in [0.15, 0.2) is 78.0 Å². The highest BCUT2D eigenvalue weighted by Crippen LogP contribution is 2.13. The van der Waals surface area contributed by atoms with Crippen LogP contribution in [0.3, 0.4) is 0 Å². The molecule has 0 fully saturated rings. The Labute approximate surface area is 151 Å². The van der Waals surface area contributed by atoms with Gasteiger partial charge in [0.2, 0.25) is 10.0 Å². The first-order chi connectivity index (χ1) is 12.6. The van der Waals surface area contributed by atoms with E-state index >= 15 is 0 Å². The number of nitrogens with one attached hydrogen (secondary N) is 2. The lowest BCUT2D eigenvalue weighted by Crippen LogP contribution is -2.35. The van der Waals surface area contributed by atoms with Crippen LogP contribution in [0, 0.1) is 0 Å². The molecule has 8 heteroatoms. The molecule has 0 unspecified atom stereocenters. The minimum atomic E-state index is -3.58. The lowest BCUT2D eigenvalue weighted by Gasteiger charge is -2.11. The lowest BCUT2D eigenvalue weighted by atomic mass is 10.1. The SMILES string of the molecule is O=C(NCCNS(=O)(=O)c1ccccc1)c1ccccc1-n1cccn1. The van der Waals surface area contributed by atoms with E-state index in [4.69, 9.17) is 0 Å². The van der Waals surface area contributed by atoms with Crippen molar-refractivity contribution in [1.82, 2.24) is 19.8 Å². The molecule has 0 aliphatic rings. The van der Waals surface area contributed by atoms with E-state index in [2.05, 4.69) is 15.1 Å². The van der Waals surface area contributed by atoms with Crippen molar-refractivity contribution in [2.45, 2.75) is 4.90 Å². The molecule has 1 amide bonds. The summed E-state index contributed by atoms with van der Waals surface area (Å²) in [5.74, 6) is -0.296. The molecule has 0 saturated carbocycles. The molecule has 3 aromatic rings. The summed E-state index contributed by atoms with van der Waals surface area (Å²) in [7, 11) is -3.58. The maximum absolute atomic E-state index is 12.4. The van der Waals surface area contributed by atoms with Crippen molar-refractivity contribution < 1.29 is 13.2 Å². The van der Waals surface area contributed by atoms with Crippen LogP contribution in [0.25, 0.3) is 5.69 Å². The summed E-state index contributed by atoms with van der Waals surface area (Å²) in [4.78, 5) is 12.6. The van der Waals surface area contributed by atoms with Crippen molar-refractivity contribution >= 4 is 15.9 Å². The van der Waals surface area contributed by atoms with Gasteiger partial charge in [0, 0.05) is 25.5 Å². The second kappa shape index (κ2) is 7.94. The van der Waals surface area contributed by atoms with Crippen LogP contribution in [0.1, 0.15) is 10.4 Å². The molecule has 26 heavy (non-hydrogen) atoms. The highest BCUT2D eigenvalue weighted by molar-refractivity contribution is 7.89. The van der Waals surface area contributed by atoms with Crippen LogP contribution in [0.5, 0.6) is 0 Å². The molecule has 1 heterocycles. The standard InChI is InChI=1S/C18H18N4O3S/c23-18(16-9-4-5-10-17(16)22-14-6-11-20-22)19-12-13-21-26(24,25)15-7-2-1-3-8-15/h1-11,14,21H,12-13H2,(H,19,23). The number of sulfonamides is 1. The summed E-state index contributed by atoms with van der Waals surface area (Å²) in [6.45, 7) is 0.255. The Hall–Kier alpha value is -2.97. The number of benzene rings is 2. The first kappa shape index (κ1) is 17.8. The van der Waals surface area contributed by atoms with Gasteiger partial charge in [-0.05, 0) is 30.3 Å². The number of para-hydroxylation sites is 1. The molecule has 0 radical (unpaired) electrons. The second-order valence-corrected chi connectivity index (χ2v) is 7.20. The minimum Gasteiger partial charge on any atom is -0.351 e. The smallest absolute Gasteiger partial charge is 0.253 e. The molecule has 3 rings (SSSR count). The molecule has 1 aromatic heterocycles. The summed E-state index contributed by atoms with van der Waals surface area (Å²) in [5.41, 5.74) is 1.11. The van der Waals surface area contributed by atoms with Crippen molar-refractivity contribution in [1.29, 1.82) is 0 Å². The summed E-state index contributed by atoms with van der Waals surface area (Å²) in [6, 6.07) is 16.9. The maximum Gasteiger partial charge on any atom is 0.253 e. The van der Waals surface area contributed by atoms with Crippen LogP contribution in [0.4, 0.5) is 0 Å². The van der Waals surface area contributed by atoms with Crippen LogP contribution < -0.4 is 10.0 Å². The lowest BCUT2D eigenvalue weighted by molar-refractivity contribution is 0.0954. The van der Waals surface area contributed by atoms with E-state index in [1.54, 1.807) is 59.5 Å². The molecule has 2 N–H and O–H groups in total. The molecular weight excluding hydrogens is 352 g/mol. The summed E-state index contributed by atoms with van der Waals surface area (Å²) < 4.78 is 28.3. The van der Waals surface area contributed by atoms with Gasteiger partial charge in [-0.1, -0.05) is 30.3 Å². The third-order valence-electron chi connectivity index (χ3n) is 3.66. The van der Waals surface area contributed by atoms with E-state index in [1.165, 1.54) is 12.1 Å². The largest absolute Gasteiger partial charge is 0.351 e. The molecule has 0 bridgehead atoms. The Morgan fingerprint density at radius 1 is 0.962 bits per heavy atom. The zero-order chi connectivity index (χ0) is 18.4. The van der Waals surface area contributed by atoms with E-state index in [1.807, 2.05) is 6.07 Å². The number of amides is 1. The third-order valence-corrected chi connectivity index (χ3v) is 5.13. The van der Waals surface area contributed by atoms with Crippen LogP contribution >= 0.6 is 0 Å². The molecular formula is C18H18N4O3S. The normalized spacial score (nSPS) is 11.2. The minimum absolute atomic E-state index is 0.0902. The fourth-order valence-corrected chi connectivity index (χ4v) is 3.47. The van der Waals surface area contributed by atoms with Crippen molar-refractivity contribution in [2.24, 2.45) is 0 Å². The van der Waals surface area contributed by atoms with Gasteiger partial charge in [0.05, 0.1) is 16.1 Å². The fourth-order valence-electron chi connectivity index (χ4n) is 2.42. The van der Waals surface area contributed by atoms with Crippen molar-refractivity contribution in [3.63, 3.8) is 0 Å². The van der Waals surface area contributed by atoms with Gasteiger partial charge < -0.3 is 5.32 Å². The molecule has 0 atom stereocenters. The molecule has 0 spiro atoms. The van der Waals surface area contributed by atoms with Crippen molar-refractivity contribution in [3.8, 4) is 5.69 Å². The fraction of sp³-hybridized carbons (Fsp3) is 0.111. The Bertz CT molecular complexity index is 971. The number of hydrogen-bond acceptors (Lipinski definition) is 4. The first-order valence-corrected chi connectivity index (χ1v) is 9.48. The van der Waals surface area contributed by atoms with E-state index in [-0.39, 0.29) is 23.9 Å². The predicted molar refractivity (Wildman–Crippen MR) is 97.5 cm³/mol. The average molecular weight is 370 g/mol. The van der Waals surface area contributed by atoms with Crippen molar-refractivity contribution in [2.75, 3.05) is 13.1 Å². The Balaban J connectivity index is 1.59. The third kappa shape index (κ3) is 4.16. The number of carbonyl (C=O) groups excluding carboxylic acids is 1. The van der Waals surface area contributed by atoms with Gasteiger partial charge in [-0.3, -0.25) is 4.79 Å². The van der Waals surface area contributed by atoms with Gasteiger partial charge in [-0.25, -0.2) is 17.8 Å². The number of rotatable bonds is 7. The molecule has 0 aliphatic carbocycles. The number of nitrogens with zero attached hydrogens (tertiary/aromatic N) is 2. The average Bonchev–Trinajstić information content (AvgIpc) is 3.20. The molecule has 0 saturated heterocycles. The second-order valence-electron chi connectivity index (χ2n) is 5.43. The number of hydrogen-bond donors (Lipinski definition) is 2. The number of carbonyl (C=O) groups is 1. The Morgan fingerprint density at radius 3 is 2.42 bits per heavy atom. The quantitative estimate of drug-likeness (QED) is 0.618. The zero-order valence-corrected chi connectivity index (χ0v) is 14.7. The van der Waals surface area contributed by atoms with Crippen LogP contribution in [-0.2, 0) is 10.0 Å². The molecule has 7 nitrogen and oxygen atoms in total. The van der Waals surface area contributed by atoms with Crippen molar-refractivity contribution in [3.05, 3.63) is 78.6 Å². The molecule has 0 aliphatic heterocycles. The summed E-state index contributed by atoms with van der Waals surface area (Å²) in [5, 5.41) is 6.86. The predicted octanol–water partition coefficient (Wildman–Crippen LogP) is 1.58. The van der Waals surface area contributed by atoms with E-state index in [0.29, 0.717) is 11.3 Å². The Kier molecular flexibility index (Phi) is 5.45. The van der Waals surface area contributed by atoms with Gasteiger partial charge in [0.1, 0.15) is 0 Å². The highest BCUT2D eigenvalue weighted by Gasteiger charge is 2.14. The van der Waals surface area contributed by atoms with Gasteiger partial charge in [0.25, 0.3) is 5.91 Å². The first-order valence-electron chi connectivity index (χ1n) is 8.00. The number of aromatic nitrogens is 2. The highest BCUT2D eigenvalue weighted by atomic mass is 32.2. The summed E-state index contributed by atoms with van der Waals surface area (Å²) in [6.07, 6.45) is 3.38. The topological polar surface area (TPSA) is 93.1 Å². The van der Waals surface area contributed by atoms with E-state index in [9.17, 15) is 13.2 Å². The van der Waals surface area contributed by atoms with Gasteiger partial charge in [-0.2, -0.15) is 5.10 Å². The molecule has 2 aromatic carbocycles. The van der Waals surface area contributed by atoms with Crippen LogP contribution in [-0.4, -0.2) is 37.2 Å². The van der Waals surface area contributed by atoms with E-state index in [0.717, 1.165) is 0 Å². The maximum atomic E-state index is 12.4. The van der Waals surface area contributed by atoms with Gasteiger partial charge in [-0.15, -0.1) is 0 Å². The molecule has 134 valence electrons. The monoisotopic (exact) mass is 370 g/mol. The summed E-state index contributed by atoms with van der Waals surface area (Å²) >= 11 is 0. The zero-order valence-electron chi connectivity index (χ0n) is 13.9. The van der Waals surface area contributed by atoms with Crippen LogP contribution in [0.2, 0.25) is 0 Å². The van der Waals surface area contributed by atoms with Gasteiger partial charge in [0.15, 0.2) is 0 Å².